The van der Waals surface area contributed by atoms with Crippen molar-refractivity contribution in [2.24, 2.45) is 0 Å². The summed E-state index contributed by atoms with van der Waals surface area (Å²) < 4.78 is 5.70. The zero-order chi connectivity index (χ0) is 9.84. The maximum absolute atomic E-state index is 5.70. The molecule has 2 nitrogen and oxygen atoms in total. The number of ether oxygens (including phenoxy) is 1. The van der Waals surface area contributed by atoms with Crippen molar-refractivity contribution in [3.05, 3.63) is 0 Å². The van der Waals surface area contributed by atoms with Crippen LogP contribution in [0.5, 0.6) is 0 Å². The summed E-state index contributed by atoms with van der Waals surface area (Å²) in [4.78, 5) is 2.56. The van der Waals surface area contributed by atoms with Gasteiger partial charge < -0.3 is 4.74 Å². The third-order valence-corrected chi connectivity index (χ3v) is 2.78. The lowest BCUT2D eigenvalue weighted by atomic mass is 10.1. The van der Waals surface area contributed by atoms with Gasteiger partial charge in [-0.25, -0.2) is 0 Å². The molecular weight excluding hydrogens is 162 g/mol. The number of hydrogen-bond acceptors (Lipinski definition) is 2. The molecule has 0 aliphatic carbocycles. The largest absolute Gasteiger partial charge is 0.373 e. The smallest absolute Gasteiger partial charge is 0.0678 e. The maximum atomic E-state index is 5.70. The average molecular weight is 185 g/mol. The van der Waals surface area contributed by atoms with E-state index < -0.39 is 0 Å². The second-order valence-corrected chi connectivity index (χ2v) is 4.35. The van der Waals surface area contributed by atoms with Crippen LogP contribution >= 0.6 is 0 Å². The number of hydrogen-bond donors (Lipinski definition) is 0. The van der Waals surface area contributed by atoms with Gasteiger partial charge in [-0.2, -0.15) is 0 Å². The topological polar surface area (TPSA) is 12.5 Å². The highest BCUT2D eigenvalue weighted by atomic mass is 16.5. The van der Waals surface area contributed by atoms with Crippen LogP contribution in [-0.2, 0) is 4.74 Å². The molecule has 1 fully saturated rings. The molecule has 2 heteroatoms. The SMILES string of the molecule is CCC[C@@H](C)N1C[C@H](C)O[C@@H](C)C1. The lowest BCUT2D eigenvalue weighted by Gasteiger charge is -2.38. The Labute approximate surface area is 82.3 Å². The minimum atomic E-state index is 0.406. The normalized spacial score (nSPS) is 33.2. The van der Waals surface area contributed by atoms with E-state index in [0.717, 1.165) is 19.1 Å². The first-order valence-corrected chi connectivity index (χ1v) is 5.53. The molecule has 0 bridgehead atoms. The highest BCUT2D eigenvalue weighted by Gasteiger charge is 2.24. The Morgan fingerprint density at radius 3 is 2.31 bits per heavy atom. The fourth-order valence-electron chi connectivity index (χ4n) is 2.18. The van der Waals surface area contributed by atoms with Crippen molar-refractivity contribution in [1.82, 2.24) is 4.90 Å². The minimum Gasteiger partial charge on any atom is -0.373 e. The van der Waals surface area contributed by atoms with Gasteiger partial charge in [0.1, 0.15) is 0 Å². The molecule has 1 saturated heterocycles. The van der Waals surface area contributed by atoms with Crippen LogP contribution in [0.25, 0.3) is 0 Å². The van der Waals surface area contributed by atoms with Crippen LogP contribution in [0.2, 0.25) is 0 Å². The van der Waals surface area contributed by atoms with Crippen molar-refractivity contribution in [3.8, 4) is 0 Å². The van der Waals surface area contributed by atoms with Gasteiger partial charge >= 0.3 is 0 Å². The van der Waals surface area contributed by atoms with E-state index in [0.29, 0.717) is 12.2 Å². The Hall–Kier alpha value is -0.0800. The van der Waals surface area contributed by atoms with Crippen molar-refractivity contribution < 1.29 is 4.74 Å². The van der Waals surface area contributed by atoms with Crippen LogP contribution in [0, 0.1) is 0 Å². The van der Waals surface area contributed by atoms with Crippen molar-refractivity contribution in [2.45, 2.75) is 58.8 Å². The molecule has 0 N–H and O–H groups in total. The Bertz CT molecular complexity index is 139. The minimum absolute atomic E-state index is 0.406. The molecule has 0 aromatic heterocycles. The molecule has 1 rings (SSSR count). The summed E-state index contributed by atoms with van der Waals surface area (Å²) in [6.45, 7) is 11.1. The molecular formula is C11H23NO. The van der Waals surface area contributed by atoms with Gasteiger partial charge in [-0.15, -0.1) is 0 Å². The van der Waals surface area contributed by atoms with Crippen LogP contribution in [0.15, 0.2) is 0 Å². The summed E-state index contributed by atoms with van der Waals surface area (Å²) in [5.74, 6) is 0. The van der Waals surface area contributed by atoms with Gasteiger partial charge in [0.15, 0.2) is 0 Å². The molecule has 78 valence electrons. The first-order chi connectivity index (χ1) is 6.13. The summed E-state index contributed by atoms with van der Waals surface area (Å²) in [5, 5.41) is 0. The summed E-state index contributed by atoms with van der Waals surface area (Å²) in [7, 11) is 0. The van der Waals surface area contributed by atoms with Gasteiger partial charge in [-0.1, -0.05) is 13.3 Å². The summed E-state index contributed by atoms with van der Waals surface area (Å²) in [5.41, 5.74) is 0. The van der Waals surface area contributed by atoms with Crippen LogP contribution < -0.4 is 0 Å². The van der Waals surface area contributed by atoms with Crippen LogP contribution in [-0.4, -0.2) is 36.2 Å². The lowest BCUT2D eigenvalue weighted by Crippen LogP contribution is -2.49. The Morgan fingerprint density at radius 1 is 1.31 bits per heavy atom. The first-order valence-electron chi connectivity index (χ1n) is 5.53. The van der Waals surface area contributed by atoms with Crippen molar-refractivity contribution in [1.29, 1.82) is 0 Å². The number of rotatable bonds is 3. The van der Waals surface area contributed by atoms with Gasteiger partial charge in [0.05, 0.1) is 12.2 Å². The molecule has 0 saturated carbocycles. The quantitative estimate of drug-likeness (QED) is 0.669. The molecule has 0 radical (unpaired) electrons. The predicted octanol–water partition coefficient (Wildman–Crippen LogP) is 2.28. The second kappa shape index (κ2) is 4.97. The van der Waals surface area contributed by atoms with Crippen molar-refractivity contribution >= 4 is 0 Å². The Kier molecular flexibility index (Phi) is 4.20. The van der Waals surface area contributed by atoms with E-state index in [1.807, 2.05) is 0 Å². The van der Waals surface area contributed by atoms with E-state index in [1.165, 1.54) is 12.8 Å². The molecule has 1 aliphatic rings. The van der Waals surface area contributed by atoms with Crippen LogP contribution in [0.1, 0.15) is 40.5 Å². The Morgan fingerprint density at radius 2 is 1.85 bits per heavy atom. The molecule has 0 spiro atoms. The molecule has 0 amide bonds. The maximum Gasteiger partial charge on any atom is 0.0678 e. The molecule has 3 atom stereocenters. The second-order valence-electron chi connectivity index (χ2n) is 4.35. The van der Waals surface area contributed by atoms with Crippen LogP contribution in [0.4, 0.5) is 0 Å². The fourth-order valence-corrected chi connectivity index (χ4v) is 2.18. The fraction of sp³-hybridized carbons (Fsp3) is 1.00. The first kappa shape index (κ1) is 11.0. The highest BCUT2D eigenvalue weighted by Crippen LogP contribution is 2.15. The lowest BCUT2D eigenvalue weighted by molar-refractivity contribution is -0.0791. The zero-order valence-electron chi connectivity index (χ0n) is 9.42. The van der Waals surface area contributed by atoms with Gasteiger partial charge in [-0.3, -0.25) is 4.90 Å². The molecule has 0 unspecified atom stereocenters. The third kappa shape index (κ3) is 3.28. The molecule has 0 aromatic rings. The summed E-state index contributed by atoms with van der Waals surface area (Å²) in [6, 6.07) is 0.721. The van der Waals surface area contributed by atoms with Gasteiger partial charge in [0.25, 0.3) is 0 Å². The van der Waals surface area contributed by atoms with Gasteiger partial charge in [-0.05, 0) is 27.2 Å². The molecule has 13 heavy (non-hydrogen) atoms. The summed E-state index contributed by atoms with van der Waals surface area (Å²) in [6.07, 6.45) is 3.40. The van der Waals surface area contributed by atoms with Gasteiger partial charge in [0, 0.05) is 19.1 Å². The molecule has 0 aromatic carbocycles. The summed E-state index contributed by atoms with van der Waals surface area (Å²) >= 11 is 0. The van der Waals surface area contributed by atoms with E-state index in [4.69, 9.17) is 4.74 Å². The van der Waals surface area contributed by atoms with Gasteiger partial charge in [0.2, 0.25) is 0 Å². The third-order valence-electron chi connectivity index (χ3n) is 2.78. The van der Waals surface area contributed by atoms with E-state index in [1.54, 1.807) is 0 Å². The van der Waals surface area contributed by atoms with E-state index >= 15 is 0 Å². The van der Waals surface area contributed by atoms with Crippen molar-refractivity contribution in [2.75, 3.05) is 13.1 Å². The van der Waals surface area contributed by atoms with Crippen molar-refractivity contribution in [3.63, 3.8) is 0 Å². The average Bonchev–Trinajstić information content (AvgIpc) is 2.03. The zero-order valence-corrected chi connectivity index (χ0v) is 9.42. The van der Waals surface area contributed by atoms with E-state index in [9.17, 15) is 0 Å². The van der Waals surface area contributed by atoms with Crippen LogP contribution in [0.3, 0.4) is 0 Å². The van der Waals surface area contributed by atoms with E-state index in [-0.39, 0.29) is 0 Å². The standard InChI is InChI=1S/C11H23NO/c1-5-6-9(2)12-7-10(3)13-11(4)8-12/h9-11H,5-8H2,1-4H3/t9-,10+,11+/m1/s1. The molecule has 1 aliphatic heterocycles. The Balaban J connectivity index is 2.40. The number of morpholine rings is 1. The monoisotopic (exact) mass is 185 g/mol. The molecule has 1 heterocycles. The van der Waals surface area contributed by atoms with E-state index in [2.05, 4.69) is 32.6 Å². The highest BCUT2D eigenvalue weighted by molar-refractivity contribution is 4.77. The number of nitrogens with zero attached hydrogens (tertiary/aromatic N) is 1. The predicted molar refractivity (Wildman–Crippen MR) is 56.0 cm³/mol.